The van der Waals surface area contributed by atoms with Crippen LogP contribution >= 0.6 is 0 Å². The van der Waals surface area contributed by atoms with Crippen molar-refractivity contribution < 1.29 is 9.53 Å². The van der Waals surface area contributed by atoms with E-state index in [2.05, 4.69) is 36.4 Å². The monoisotopic (exact) mass is 371 g/mol. The number of nitrogens with zero attached hydrogens (tertiary/aromatic N) is 1. The Kier molecular flexibility index (Phi) is 5.72. The van der Waals surface area contributed by atoms with E-state index in [4.69, 9.17) is 4.74 Å². The number of ether oxygens (including phenoxy) is 1. The molecule has 1 aliphatic heterocycles. The second kappa shape index (κ2) is 8.75. The summed E-state index contributed by atoms with van der Waals surface area (Å²) in [5.41, 5.74) is 4.34. The summed E-state index contributed by atoms with van der Waals surface area (Å²) < 4.78 is 5.98. The standard InChI is InChI=1S/C25H25NO2/c27-25(26-15-4-5-16-26)23-13-11-21(12-14-23)19-28-24-10-6-9-22(18-24)17-20-7-2-1-3-8-20/h1-3,6-14,18H,4-5,15-17,19H2. The fraction of sp³-hybridized carbons (Fsp3) is 0.240. The minimum Gasteiger partial charge on any atom is -0.489 e. The topological polar surface area (TPSA) is 29.5 Å². The Bertz CT molecular complexity index is 913. The van der Waals surface area contributed by atoms with Crippen molar-refractivity contribution in [3.63, 3.8) is 0 Å². The van der Waals surface area contributed by atoms with Crippen LogP contribution in [0.2, 0.25) is 0 Å². The van der Waals surface area contributed by atoms with Gasteiger partial charge in [-0.05, 0) is 60.2 Å². The van der Waals surface area contributed by atoms with Crippen LogP contribution in [0.15, 0.2) is 78.9 Å². The highest BCUT2D eigenvalue weighted by Gasteiger charge is 2.19. The maximum absolute atomic E-state index is 12.4. The van der Waals surface area contributed by atoms with Gasteiger partial charge in [-0.3, -0.25) is 4.79 Å². The average Bonchev–Trinajstić information content (AvgIpc) is 3.28. The molecule has 28 heavy (non-hydrogen) atoms. The minimum absolute atomic E-state index is 0.138. The van der Waals surface area contributed by atoms with Crippen molar-refractivity contribution in [3.8, 4) is 5.75 Å². The van der Waals surface area contributed by atoms with Crippen LogP contribution in [0.25, 0.3) is 0 Å². The predicted octanol–water partition coefficient (Wildman–Crippen LogP) is 5.09. The quantitative estimate of drug-likeness (QED) is 0.604. The first kappa shape index (κ1) is 18.3. The number of carbonyl (C=O) groups excluding carboxylic acids is 1. The summed E-state index contributed by atoms with van der Waals surface area (Å²) in [6, 6.07) is 26.5. The molecule has 0 aliphatic carbocycles. The maximum Gasteiger partial charge on any atom is 0.253 e. The fourth-order valence-electron chi connectivity index (χ4n) is 3.59. The number of rotatable bonds is 6. The lowest BCUT2D eigenvalue weighted by molar-refractivity contribution is 0.0793. The first-order valence-electron chi connectivity index (χ1n) is 9.92. The summed E-state index contributed by atoms with van der Waals surface area (Å²) in [6.07, 6.45) is 3.12. The smallest absolute Gasteiger partial charge is 0.253 e. The van der Waals surface area contributed by atoms with E-state index in [1.807, 2.05) is 47.4 Å². The fourth-order valence-corrected chi connectivity index (χ4v) is 3.59. The molecular weight excluding hydrogens is 346 g/mol. The van der Waals surface area contributed by atoms with Crippen LogP contribution in [0.4, 0.5) is 0 Å². The van der Waals surface area contributed by atoms with Crippen LogP contribution in [-0.2, 0) is 13.0 Å². The lowest BCUT2D eigenvalue weighted by atomic mass is 10.1. The van der Waals surface area contributed by atoms with E-state index in [9.17, 15) is 4.79 Å². The van der Waals surface area contributed by atoms with Crippen molar-refractivity contribution in [1.29, 1.82) is 0 Å². The van der Waals surface area contributed by atoms with Crippen molar-refractivity contribution >= 4 is 5.91 Å². The SMILES string of the molecule is O=C(c1ccc(COc2cccc(Cc3ccccc3)c2)cc1)N1CCCC1. The van der Waals surface area contributed by atoms with E-state index in [0.29, 0.717) is 6.61 Å². The Morgan fingerprint density at radius 1 is 0.786 bits per heavy atom. The van der Waals surface area contributed by atoms with Crippen LogP contribution in [0.3, 0.4) is 0 Å². The highest BCUT2D eigenvalue weighted by molar-refractivity contribution is 5.94. The molecule has 0 bridgehead atoms. The number of hydrogen-bond acceptors (Lipinski definition) is 2. The molecule has 1 amide bonds. The highest BCUT2D eigenvalue weighted by atomic mass is 16.5. The van der Waals surface area contributed by atoms with Crippen molar-refractivity contribution in [2.45, 2.75) is 25.9 Å². The number of hydrogen-bond donors (Lipinski definition) is 0. The lowest BCUT2D eigenvalue weighted by Crippen LogP contribution is -2.27. The Morgan fingerprint density at radius 3 is 2.25 bits per heavy atom. The Balaban J connectivity index is 1.35. The van der Waals surface area contributed by atoms with E-state index in [1.165, 1.54) is 11.1 Å². The van der Waals surface area contributed by atoms with Crippen LogP contribution in [-0.4, -0.2) is 23.9 Å². The Labute approximate surface area is 166 Å². The van der Waals surface area contributed by atoms with Crippen molar-refractivity contribution in [3.05, 3.63) is 101 Å². The third kappa shape index (κ3) is 4.61. The molecule has 0 atom stereocenters. The van der Waals surface area contributed by atoms with Gasteiger partial charge in [-0.1, -0.05) is 54.6 Å². The van der Waals surface area contributed by atoms with E-state index in [-0.39, 0.29) is 5.91 Å². The zero-order chi connectivity index (χ0) is 19.2. The second-order valence-corrected chi connectivity index (χ2v) is 7.29. The molecule has 1 heterocycles. The Morgan fingerprint density at radius 2 is 1.50 bits per heavy atom. The normalized spacial score (nSPS) is 13.5. The minimum atomic E-state index is 0.138. The number of carbonyl (C=O) groups is 1. The lowest BCUT2D eigenvalue weighted by Gasteiger charge is -2.15. The number of benzene rings is 3. The van der Waals surface area contributed by atoms with E-state index in [1.54, 1.807) is 0 Å². The van der Waals surface area contributed by atoms with Gasteiger partial charge in [-0.25, -0.2) is 0 Å². The van der Waals surface area contributed by atoms with Gasteiger partial charge in [0.1, 0.15) is 12.4 Å². The average molecular weight is 371 g/mol. The summed E-state index contributed by atoms with van der Waals surface area (Å²) in [5.74, 6) is 1.00. The summed E-state index contributed by atoms with van der Waals surface area (Å²) >= 11 is 0. The Hall–Kier alpha value is -3.07. The molecule has 1 fully saturated rings. The van der Waals surface area contributed by atoms with E-state index < -0.39 is 0 Å². The molecule has 1 saturated heterocycles. The van der Waals surface area contributed by atoms with Gasteiger partial charge in [-0.2, -0.15) is 0 Å². The van der Waals surface area contributed by atoms with Crippen LogP contribution < -0.4 is 4.74 Å². The first-order valence-corrected chi connectivity index (χ1v) is 9.92. The van der Waals surface area contributed by atoms with Crippen molar-refractivity contribution in [2.75, 3.05) is 13.1 Å². The molecule has 3 nitrogen and oxygen atoms in total. The van der Waals surface area contributed by atoms with Crippen LogP contribution in [0.1, 0.15) is 39.9 Å². The summed E-state index contributed by atoms with van der Waals surface area (Å²) in [5, 5.41) is 0. The van der Waals surface area contributed by atoms with E-state index >= 15 is 0 Å². The number of likely N-dealkylation sites (tertiary alicyclic amines) is 1. The molecule has 3 heteroatoms. The molecule has 0 unspecified atom stereocenters. The summed E-state index contributed by atoms with van der Waals surface area (Å²) in [4.78, 5) is 14.4. The molecule has 3 aromatic carbocycles. The predicted molar refractivity (Wildman–Crippen MR) is 112 cm³/mol. The third-order valence-electron chi connectivity index (χ3n) is 5.15. The zero-order valence-corrected chi connectivity index (χ0v) is 16.0. The molecule has 1 aliphatic rings. The van der Waals surface area contributed by atoms with Crippen molar-refractivity contribution in [1.82, 2.24) is 4.90 Å². The van der Waals surface area contributed by atoms with Gasteiger partial charge in [-0.15, -0.1) is 0 Å². The summed E-state index contributed by atoms with van der Waals surface area (Å²) in [6.45, 7) is 2.25. The molecule has 0 radical (unpaired) electrons. The van der Waals surface area contributed by atoms with Gasteiger partial charge >= 0.3 is 0 Å². The van der Waals surface area contributed by atoms with Gasteiger partial charge in [0.25, 0.3) is 5.91 Å². The molecule has 4 rings (SSSR count). The van der Waals surface area contributed by atoms with Gasteiger partial charge in [0.2, 0.25) is 0 Å². The number of amides is 1. The molecule has 0 saturated carbocycles. The second-order valence-electron chi connectivity index (χ2n) is 7.29. The van der Waals surface area contributed by atoms with Gasteiger partial charge in [0, 0.05) is 18.7 Å². The molecule has 142 valence electrons. The summed E-state index contributed by atoms with van der Waals surface area (Å²) in [7, 11) is 0. The van der Waals surface area contributed by atoms with E-state index in [0.717, 1.165) is 49.2 Å². The van der Waals surface area contributed by atoms with Gasteiger partial charge in [0.05, 0.1) is 0 Å². The molecule has 0 aromatic heterocycles. The van der Waals surface area contributed by atoms with Gasteiger partial charge < -0.3 is 9.64 Å². The molecule has 0 spiro atoms. The maximum atomic E-state index is 12.4. The molecule has 3 aromatic rings. The molecule has 0 N–H and O–H groups in total. The van der Waals surface area contributed by atoms with Crippen molar-refractivity contribution in [2.24, 2.45) is 0 Å². The highest BCUT2D eigenvalue weighted by Crippen LogP contribution is 2.19. The van der Waals surface area contributed by atoms with Gasteiger partial charge in [0.15, 0.2) is 0 Å². The third-order valence-corrected chi connectivity index (χ3v) is 5.15. The van der Waals surface area contributed by atoms with Crippen LogP contribution in [0, 0.1) is 0 Å². The largest absolute Gasteiger partial charge is 0.489 e. The zero-order valence-electron chi connectivity index (χ0n) is 16.0. The molecular formula is C25H25NO2. The van der Waals surface area contributed by atoms with Crippen LogP contribution in [0.5, 0.6) is 5.75 Å². The first-order chi connectivity index (χ1) is 13.8.